The highest BCUT2D eigenvalue weighted by Crippen LogP contribution is 2.69. The number of amides is 3. The van der Waals surface area contributed by atoms with E-state index >= 15 is 0 Å². The number of hydrogen-bond donors (Lipinski definition) is 1. The summed E-state index contributed by atoms with van der Waals surface area (Å²) >= 11 is 18.7. The highest BCUT2D eigenvalue weighted by molar-refractivity contribution is 9.10. The van der Waals surface area contributed by atoms with Crippen LogP contribution in [0, 0.1) is 11.8 Å². The Morgan fingerprint density at radius 3 is 1.79 bits per heavy atom. The fourth-order valence-electron chi connectivity index (χ4n) is 7.33. The third-order valence-corrected chi connectivity index (χ3v) is 11.0. The Bertz CT molecular complexity index is 1690. The van der Waals surface area contributed by atoms with Gasteiger partial charge in [0.2, 0.25) is 17.7 Å². The molecule has 43 heavy (non-hydrogen) atoms. The van der Waals surface area contributed by atoms with Crippen LogP contribution in [0.15, 0.2) is 102 Å². The molecule has 0 spiro atoms. The van der Waals surface area contributed by atoms with Crippen molar-refractivity contribution in [3.8, 4) is 0 Å². The lowest BCUT2D eigenvalue weighted by Crippen LogP contribution is -2.57. The molecular formula is C35H27BrCl2N2O3. The normalized spacial score (nSPS) is 25.6. The monoisotopic (exact) mass is 672 g/mol. The van der Waals surface area contributed by atoms with Crippen molar-refractivity contribution in [2.75, 3.05) is 5.32 Å². The van der Waals surface area contributed by atoms with Crippen molar-refractivity contribution in [2.24, 2.45) is 11.8 Å². The van der Waals surface area contributed by atoms with Crippen molar-refractivity contribution in [3.05, 3.63) is 135 Å². The van der Waals surface area contributed by atoms with Crippen LogP contribution in [0.5, 0.6) is 0 Å². The Hall–Kier alpha value is -3.45. The van der Waals surface area contributed by atoms with Gasteiger partial charge in [-0.1, -0.05) is 102 Å². The summed E-state index contributed by atoms with van der Waals surface area (Å²) in [5.41, 5.74) is 5.27. The molecule has 0 radical (unpaired) electrons. The van der Waals surface area contributed by atoms with Gasteiger partial charge in [-0.25, -0.2) is 0 Å². The molecule has 2 bridgehead atoms. The summed E-state index contributed by atoms with van der Waals surface area (Å²) in [4.78, 5) is 42.0. The van der Waals surface area contributed by atoms with Crippen LogP contribution in [0.1, 0.15) is 40.3 Å². The molecule has 3 aliphatic carbocycles. The number of anilines is 1. The molecule has 1 fully saturated rings. The first kappa shape index (κ1) is 28.3. The van der Waals surface area contributed by atoms with Crippen molar-refractivity contribution in [3.63, 3.8) is 0 Å². The van der Waals surface area contributed by atoms with Gasteiger partial charge in [0.25, 0.3) is 0 Å². The van der Waals surface area contributed by atoms with Crippen LogP contribution in [0.3, 0.4) is 0 Å². The molecular weight excluding hydrogens is 647 g/mol. The Morgan fingerprint density at radius 2 is 1.30 bits per heavy atom. The van der Waals surface area contributed by atoms with E-state index in [9.17, 15) is 14.4 Å². The number of likely N-dealkylation sites (tertiary alicyclic amines) is 1. The van der Waals surface area contributed by atoms with E-state index in [-0.39, 0.29) is 6.42 Å². The maximum atomic E-state index is 14.6. The SMILES string of the molecule is CCc1cc(Br)ccc1NC(=O)[C@@H](Cc1ccccc1)N1C(=O)[C@@H]2[C@H](C1=O)C1(Cl)c3ccccc3C2(Cl)c2ccccc21. The number of carbonyl (C=O) groups excluding carboxylic acids is 3. The maximum Gasteiger partial charge on any atom is 0.248 e. The van der Waals surface area contributed by atoms with Gasteiger partial charge in [0.1, 0.15) is 15.8 Å². The number of imide groups is 1. The van der Waals surface area contributed by atoms with Gasteiger partial charge in [-0.15, -0.1) is 23.2 Å². The first-order valence-corrected chi connectivity index (χ1v) is 15.8. The van der Waals surface area contributed by atoms with Gasteiger partial charge < -0.3 is 5.32 Å². The van der Waals surface area contributed by atoms with E-state index in [4.69, 9.17) is 23.2 Å². The molecule has 4 aliphatic rings. The van der Waals surface area contributed by atoms with E-state index in [1.165, 1.54) is 0 Å². The average molecular weight is 674 g/mol. The minimum Gasteiger partial charge on any atom is -0.324 e. The lowest BCUT2D eigenvalue weighted by atomic mass is 9.54. The van der Waals surface area contributed by atoms with Gasteiger partial charge in [-0.3, -0.25) is 19.3 Å². The van der Waals surface area contributed by atoms with Gasteiger partial charge in [0, 0.05) is 16.6 Å². The highest BCUT2D eigenvalue weighted by atomic mass is 79.9. The lowest BCUT2D eigenvalue weighted by Gasteiger charge is -2.54. The maximum absolute atomic E-state index is 14.6. The molecule has 0 saturated carbocycles. The van der Waals surface area contributed by atoms with Crippen molar-refractivity contribution < 1.29 is 14.4 Å². The predicted molar refractivity (Wildman–Crippen MR) is 171 cm³/mol. The Kier molecular flexibility index (Phi) is 6.80. The van der Waals surface area contributed by atoms with Gasteiger partial charge in [-0.05, 0) is 58.0 Å². The summed E-state index contributed by atoms with van der Waals surface area (Å²) in [6.45, 7) is 2.00. The van der Waals surface area contributed by atoms with Crippen LogP contribution < -0.4 is 5.32 Å². The first-order valence-electron chi connectivity index (χ1n) is 14.3. The number of hydrogen-bond acceptors (Lipinski definition) is 3. The molecule has 216 valence electrons. The number of nitrogens with one attached hydrogen (secondary N) is 1. The second-order valence-electron chi connectivity index (χ2n) is 11.4. The van der Waals surface area contributed by atoms with Gasteiger partial charge >= 0.3 is 0 Å². The standard InChI is InChI=1S/C35H27BrCl2N2O3/c1-2-21-19-22(36)16-17-27(21)39-31(41)28(18-20-10-4-3-5-11-20)40-32(42)29-30(33(40)43)35(38)24-13-7-6-12-23(24)34(29,37)25-14-8-9-15-26(25)35/h3-17,19,28-30H,2,18H2,1H3,(H,39,41)/t28-,29-,30+,34?,35?/m1/s1. The van der Waals surface area contributed by atoms with E-state index in [0.717, 1.165) is 42.8 Å². The Labute approximate surface area is 268 Å². The van der Waals surface area contributed by atoms with Gasteiger partial charge in [0.15, 0.2) is 0 Å². The topological polar surface area (TPSA) is 66.5 Å². The molecule has 0 unspecified atom stereocenters. The lowest BCUT2D eigenvalue weighted by molar-refractivity contribution is -0.146. The molecule has 1 aliphatic heterocycles. The van der Waals surface area contributed by atoms with E-state index in [1.54, 1.807) is 0 Å². The molecule has 1 saturated heterocycles. The van der Waals surface area contributed by atoms with Crippen LogP contribution in [-0.4, -0.2) is 28.7 Å². The molecule has 1 heterocycles. The summed E-state index contributed by atoms with van der Waals surface area (Å²) in [7, 11) is 0. The fourth-order valence-corrected chi connectivity index (χ4v) is 8.83. The van der Waals surface area contributed by atoms with E-state index in [0.29, 0.717) is 12.1 Å². The van der Waals surface area contributed by atoms with Crippen molar-refractivity contribution >= 4 is 62.5 Å². The Morgan fingerprint density at radius 1 is 0.814 bits per heavy atom. The summed E-state index contributed by atoms with van der Waals surface area (Å²) in [5.74, 6) is -3.37. The average Bonchev–Trinajstić information content (AvgIpc) is 3.30. The van der Waals surface area contributed by atoms with Gasteiger partial charge in [0.05, 0.1) is 11.8 Å². The number of carbonyl (C=O) groups is 3. The zero-order valence-corrected chi connectivity index (χ0v) is 26.3. The van der Waals surface area contributed by atoms with Crippen LogP contribution in [0.4, 0.5) is 5.69 Å². The number of rotatable bonds is 6. The van der Waals surface area contributed by atoms with Crippen molar-refractivity contribution in [1.82, 2.24) is 4.90 Å². The number of halogens is 3. The molecule has 4 aromatic rings. The third kappa shape index (κ3) is 3.99. The van der Waals surface area contributed by atoms with Crippen molar-refractivity contribution in [1.29, 1.82) is 0 Å². The van der Waals surface area contributed by atoms with Crippen LogP contribution in [0.2, 0.25) is 0 Å². The number of alkyl halides is 2. The second kappa shape index (κ2) is 10.3. The summed E-state index contributed by atoms with van der Waals surface area (Å²) in [6.07, 6.45) is 0.830. The highest BCUT2D eigenvalue weighted by Gasteiger charge is 2.73. The number of aryl methyl sites for hydroxylation is 1. The fraction of sp³-hybridized carbons (Fsp3) is 0.229. The molecule has 0 aromatic heterocycles. The molecule has 4 aromatic carbocycles. The van der Waals surface area contributed by atoms with Crippen LogP contribution in [0.25, 0.3) is 0 Å². The first-order chi connectivity index (χ1) is 20.7. The molecule has 3 amide bonds. The van der Waals surface area contributed by atoms with Gasteiger partial charge in [-0.2, -0.15) is 0 Å². The summed E-state index contributed by atoms with van der Waals surface area (Å²) in [5, 5.41) is 3.03. The minimum absolute atomic E-state index is 0.145. The molecule has 1 N–H and O–H groups in total. The number of benzene rings is 4. The van der Waals surface area contributed by atoms with E-state index in [2.05, 4.69) is 21.2 Å². The summed E-state index contributed by atoms with van der Waals surface area (Å²) in [6, 6.07) is 28.9. The summed E-state index contributed by atoms with van der Waals surface area (Å²) < 4.78 is 0.895. The molecule has 8 heteroatoms. The van der Waals surface area contributed by atoms with Crippen LogP contribution >= 0.6 is 39.1 Å². The second-order valence-corrected chi connectivity index (χ2v) is 13.5. The van der Waals surface area contributed by atoms with E-state index < -0.39 is 45.3 Å². The smallest absolute Gasteiger partial charge is 0.248 e. The zero-order chi connectivity index (χ0) is 30.1. The Balaban J connectivity index is 1.36. The zero-order valence-electron chi connectivity index (χ0n) is 23.2. The quantitative estimate of drug-likeness (QED) is 0.175. The van der Waals surface area contributed by atoms with Crippen molar-refractivity contribution in [2.45, 2.75) is 35.6 Å². The molecule has 8 rings (SSSR count). The largest absolute Gasteiger partial charge is 0.324 e. The predicted octanol–water partition coefficient (Wildman–Crippen LogP) is 7.15. The third-order valence-electron chi connectivity index (χ3n) is 9.21. The molecule has 3 atom stereocenters. The minimum atomic E-state index is -1.31. The van der Waals surface area contributed by atoms with E-state index in [1.807, 2.05) is 104 Å². The molecule has 5 nitrogen and oxygen atoms in total. The number of nitrogens with zero attached hydrogens (tertiary/aromatic N) is 1. The van der Waals surface area contributed by atoms with Crippen LogP contribution in [-0.2, 0) is 37.0 Å².